The number of rotatable bonds is 6. The van der Waals surface area contributed by atoms with Crippen molar-refractivity contribution in [2.24, 2.45) is 0 Å². The number of aryl methyl sites for hydroxylation is 1. The topological polar surface area (TPSA) is 115 Å². The molecular formula is C30H30F2N4O5. The van der Waals surface area contributed by atoms with Gasteiger partial charge in [0.25, 0.3) is 5.91 Å². The van der Waals surface area contributed by atoms with Crippen LogP contribution in [0.5, 0.6) is 5.75 Å². The Hall–Kier alpha value is -4.38. The van der Waals surface area contributed by atoms with E-state index in [1.807, 2.05) is 6.92 Å². The molecule has 0 fully saturated rings. The van der Waals surface area contributed by atoms with Crippen LogP contribution in [-0.4, -0.2) is 43.8 Å². The van der Waals surface area contributed by atoms with Crippen molar-refractivity contribution in [2.45, 2.75) is 59.2 Å². The minimum atomic E-state index is -1.47. The molecule has 4 aromatic rings. The predicted molar refractivity (Wildman–Crippen MR) is 147 cm³/mol. The maximum atomic E-state index is 15.5. The number of halogens is 2. The van der Waals surface area contributed by atoms with Crippen LogP contribution in [0.1, 0.15) is 66.0 Å². The molecule has 0 bridgehead atoms. The number of carbonyl (C=O) groups excluding carboxylic acids is 1. The van der Waals surface area contributed by atoms with E-state index < -0.39 is 35.2 Å². The van der Waals surface area contributed by atoms with E-state index in [0.29, 0.717) is 41.8 Å². The Morgan fingerprint density at radius 1 is 1.17 bits per heavy atom. The van der Waals surface area contributed by atoms with Gasteiger partial charge < -0.3 is 19.9 Å². The number of hydrogen-bond donors (Lipinski definition) is 2. The summed E-state index contributed by atoms with van der Waals surface area (Å²) in [7, 11) is 0. The smallest absolute Gasteiger partial charge is 0.337 e. The molecule has 2 aromatic carbocycles. The first-order valence-corrected chi connectivity index (χ1v) is 13.2. The van der Waals surface area contributed by atoms with Gasteiger partial charge in [0.05, 0.1) is 17.9 Å². The van der Waals surface area contributed by atoms with E-state index in [9.17, 15) is 19.1 Å². The molecule has 0 aliphatic carbocycles. The molecule has 11 heteroatoms. The lowest BCUT2D eigenvalue weighted by atomic mass is 9.91. The van der Waals surface area contributed by atoms with Gasteiger partial charge in [0.15, 0.2) is 29.1 Å². The molecule has 0 radical (unpaired) electrons. The molecule has 1 aliphatic heterocycles. The van der Waals surface area contributed by atoms with Crippen molar-refractivity contribution in [1.82, 2.24) is 14.6 Å². The lowest BCUT2D eigenvalue weighted by Crippen LogP contribution is -2.29. The number of benzene rings is 2. The predicted octanol–water partition coefficient (Wildman–Crippen LogP) is 5.81. The number of aromatic nitrogens is 3. The van der Waals surface area contributed by atoms with Crippen LogP contribution in [0.25, 0.3) is 16.9 Å². The summed E-state index contributed by atoms with van der Waals surface area (Å²) in [6.45, 7) is 9.08. The molecule has 1 atom stereocenters. The van der Waals surface area contributed by atoms with Crippen LogP contribution >= 0.6 is 0 Å². The number of hydrogen-bond acceptors (Lipinski definition) is 6. The number of aliphatic carboxylic acids is 1. The Kier molecular flexibility index (Phi) is 7.24. The Morgan fingerprint density at radius 2 is 1.93 bits per heavy atom. The summed E-state index contributed by atoms with van der Waals surface area (Å²) in [5, 5.41) is 17.4. The SMILES string of the molecule is Cc1nc2cc(NC(=O)c3cccc(F)c3)nn2c(-c2cc(F)c3c(c2C)CCCO3)c1[C@H](OC(C)(C)C)C(=O)O. The lowest BCUT2D eigenvalue weighted by molar-refractivity contribution is -0.160. The molecule has 3 heterocycles. The Labute approximate surface area is 235 Å². The third-order valence-electron chi connectivity index (χ3n) is 6.81. The van der Waals surface area contributed by atoms with Crippen molar-refractivity contribution in [3.63, 3.8) is 0 Å². The molecular weight excluding hydrogens is 534 g/mol. The largest absolute Gasteiger partial charge is 0.490 e. The molecule has 2 N–H and O–H groups in total. The summed E-state index contributed by atoms with van der Waals surface area (Å²) in [6, 6.07) is 8.01. The zero-order valence-corrected chi connectivity index (χ0v) is 23.3. The first-order chi connectivity index (χ1) is 19.3. The van der Waals surface area contributed by atoms with Gasteiger partial charge in [0.2, 0.25) is 0 Å². The first-order valence-electron chi connectivity index (χ1n) is 13.2. The number of carboxylic acid groups (broad SMARTS) is 1. The monoisotopic (exact) mass is 564 g/mol. The second kappa shape index (κ2) is 10.5. The highest BCUT2D eigenvalue weighted by atomic mass is 19.1. The summed E-state index contributed by atoms with van der Waals surface area (Å²) in [5.41, 5.74) is 2.11. The van der Waals surface area contributed by atoms with E-state index in [1.165, 1.54) is 34.8 Å². The van der Waals surface area contributed by atoms with E-state index in [0.717, 1.165) is 6.07 Å². The summed E-state index contributed by atoms with van der Waals surface area (Å²) < 4.78 is 42.1. The van der Waals surface area contributed by atoms with Gasteiger partial charge in [-0.05, 0) is 77.3 Å². The van der Waals surface area contributed by atoms with E-state index in [-0.39, 0.29) is 34.0 Å². The fourth-order valence-electron chi connectivity index (χ4n) is 5.08. The number of ether oxygens (including phenoxy) is 2. The number of carbonyl (C=O) groups is 2. The molecule has 0 unspecified atom stereocenters. The van der Waals surface area contributed by atoms with Crippen molar-refractivity contribution in [2.75, 3.05) is 11.9 Å². The van der Waals surface area contributed by atoms with Crippen LogP contribution in [0.15, 0.2) is 36.4 Å². The van der Waals surface area contributed by atoms with Crippen molar-refractivity contribution >= 4 is 23.3 Å². The van der Waals surface area contributed by atoms with Crippen molar-refractivity contribution in [3.05, 3.63) is 76.0 Å². The van der Waals surface area contributed by atoms with Crippen molar-refractivity contribution in [3.8, 4) is 17.0 Å². The standard InChI is InChI=1S/C30H30F2N4O5/c1-15-19-10-7-11-40-26(19)21(32)13-20(15)25-24(27(29(38)39)41-30(3,4)5)16(2)33-23-14-22(35-36(23)25)34-28(37)17-8-6-9-18(31)12-17/h6,8-9,12-14,27H,7,10-11H2,1-5H3,(H,38,39)(H,34,35,37)/t27-/m0/s1. The molecule has 0 saturated heterocycles. The van der Waals surface area contributed by atoms with E-state index >= 15 is 4.39 Å². The normalized spacial score (nSPS) is 13.9. The second-order valence-corrected chi connectivity index (χ2v) is 11.0. The van der Waals surface area contributed by atoms with Crippen molar-refractivity contribution in [1.29, 1.82) is 0 Å². The quantitative estimate of drug-likeness (QED) is 0.304. The first kappa shape index (κ1) is 28.2. The molecule has 0 saturated carbocycles. The number of amides is 1. The Balaban J connectivity index is 1.76. The maximum absolute atomic E-state index is 15.5. The van der Waals surface area contributed by atoms with E-state index in [1.54, 1.807) is 27.7 Å². The highest BCUT2D eigenvalue weighted by Crippen LogP contribution is 2.41. The molecule has 214 valence electrons. The molecule has 41 heavy (non-hydrogen) atoms. The fraction of sp³-hybridized carbons (Fsp3) is 0.333. The van der Waals surface area contributed by atoms with Crippen LogP contribution in [0.4, 0.5) is 14.6 Å². The summed E-state index contributed by atoms with van der Waals surface area (Å²) >= 11 is 0. The highest BCUT2D eigenvalue weighted by Gasteiger charge is 2.34. The Bertz CT molecular complexity index is 1690. The second-order valence-electron chi connectivity index (χ2n) is 11.0. The molecule has 5 rings (SSSR count). The summed E-state index contributed by atoms with van der Waals surface area (Å²) in [5.74, 6) is -2.72. The van der Waals surface area contributed by atoms with Gasteiger partial charge in [-0.15, -0.1) is 5.10 Å². The molecule has 1 aliphatic rings. The minimum absolute atomic E-state index is 0.0872. The van der Waals surface area contributed by atoms with Gasteiger partial charge >= 0.3 is 5.97 Å². The third kappa shape index (κ3) is 5.49. The number of anilines is 1. The van der Waals surface area contributed by atoms with Gasteiger partial charge in [-0.25, -0.2) is 23.1 Å². The highest BCUT2D eigenvalue weighted by molar-refractivity contribution is 6.04. The number of fused-ring (bicyclic) bond motifs is 2. The fourth-order valence-corrected chi connectivity index (χ4v) is 5.08. The van der Waals surface area contributed by atoms with Crippen LogP contribution < -0.4 is 10.1 Å². The van der Waals surface area contributed by atoms with Gasteiger partial charge in [-0.3, -0.25) is 4.79 Å². The molecule has 9 nitrogen and oxygen atoms in total. The third-order valence-corrected chi connectivity index (χ3v) is 6.81. The minimum Gasteiger partial charge on any atom is -0.490 e. The van der Waals surface area contributed by atoms with Crippen LogP contribution in [-0.2, 0) is 16.0 Å². The van der Waals surface area contributed by atoms with Gasteiger partial charge in [0, 0.05) is 34.0 Å². The van der Waals surface area contributed by atoms with E-state index in [2.05, 4.69) is 15.4 Å². The molecule has 0 spiro atoms. The number of nitrogens with zero attached hydrogens (tertiary/aromatic N) is 3. The average Bonchev–Trinajstić information content (AvgIpc) is 3.30. The van der Waals surface area contributed by atoms with Crippen molar-refractivity contribution < 1.29 is 33.0 Å². The van der Waals surface area contributed by atoms with Gasteiger partial charge in [-0.1, -0.05) is 6.07 Å². The zero-order chi connectivity index (χ0) is 29.6. The molecule has 2 aromatic heterocycles. The van der Waals surface area contributed by atoms with E-state index in [4.69, 9.17) is 9.47 Å². The lowest BCUT2D eigenvalue weighted by Gasteiger charge is -2.28. The summed E-state index contributed by atoms with van der Waals surface area (Å²) in [4.78, 5) is 30.0. The number of nitrogens with one attached hydrogen (secondary N) is 1. The van der Waals surface area contributed by atoms with Crippen LogP contribution in [0, 0.1) is 25.5 Å². The van der Waals surface area contributed by atoms with Gasteiger partial charge in [-0.2, -0.15) is 0 Å². The van der Waals surface area contributed by atoms with Crippen LogP contribution in [0.3, 0.4) is 0 Å². The number of carboxylic acids is 1. The Morgan fingerprint density at radius 3 is 2.61 bits per heavy atom. The molecule has 1 amide bonds. The zero-order valence-electron chi connectivity index (χ0n) is 23.3. The summed E-state index contributed by atoms with van der Waals surface area (Å²) in [6.07, 6.45) is -0.174. The maximum Gasteiger partial charge on any atom is 0.337 e. The average molecular weight is 565 g/mol. The van der Waals surface area contributed by atoms with Crippen LogP contribution in [0.2, 0.25) is 0 Å². The van der Waals surface area contributed by atoms with Gasteiger partial charge in [0.1, 0.15) is 5.82 Å².